The summed E-state index contributed by atoms with van der Waals surface area (Å²) in [6.45, 7) is 2.63. The van der Waals surface area contributed by atoms with Gasteiger partial charge in [-0.05, 0) is 6.07 Å². The van der Waals surface area contributed by atoms with Crippen LogP contribution >= 0.6 is 0 Å². The van der Waals surface area contributed by atoms with Gasteiger partial charge in [0.1, 0.15) is 6.10 Å². The Morgan fingerprint density at radius 1 is 1.53 bits per heavy atom. The lowest BCUT2D eigenvalue weighted by atomic mass is 10.3. The van der Waals surface area contributed by atoms with Gasteiger partial charge >= 0.3 is 0 Å². The van der Waals surface area contributed by atoms with Gasteiger partial charge in [0.2, 0.25) is 17.7 Å². The van der Waals surface area contributed by atoms with E-state index >= 15 is 0 Å². The first-order valence-electron chi connectivity index (χ1n) is 6.25. The van der Waals surface area contributed by atoms with E-state index in [0.29, 0.717) is 19.0 Å². The Morgan fingerprint density at radius 2 is 2.37 bits per heavy atom. The van der Waals surface area contributed by atoms with Crippen molar-refractivity contribution < 1.29 is 14.3 Å². The number of amides is 2. The number of likely N-dealkylation sites (tertiary alicyclic amines) is 1. The molecule has 0 radical (unpaired) electrons. The molecule has 1 saturated heterocycles. The van der Waals surface area contributed by atoms with Crippen LogP contribution in [-0.2, 0) is 9.59 Å². The topological polar surface area (TPSA) is 71.5 Å². The molecule has 6 heteroatoms. The van der Waals surface area contributed by atoms with E-state index in [1.807, 2.05) is 12.1 Å². The van der Waals surface area contributed by atoms with Gasteiger partial charge in [0.05, 0.1) is 13.1 Å². The lowest BCUT2D eigenvalue weighted by Gasteiger charge is -2.17. The zero-order valence-electron chi connectivity index (χ0n) is 10.8. The normalized spacial score (nSPS) is 18.2. The van der Waals surface area contributed by atoms with Gasteiger partial charge < -0.3 is 15.0 Å². The van der Waals surface area contributed by atoms with Crippen LogP contribution in [0.2, 0.25) is 0 Å². The molecule has 1 aromatic rings. The fourth-order valence-electron chi connectivity index (χ4n) is 1.95. The van der Waals surface area contributed by atoms with Crippen molar-refractivity contribution in [2.24, 2.45) is 0 Å². The van der Waals surface area contributed by atoms with Crippen LogP contribution in [-0.4, -0.2) is 47.4 Å². The molecule has 6 nitrogen and oxygen atoms in total. The first-order chi connectivity index (χ1) is 9.15. The van der Waals surface area contributed by atoms with Crippen LogP contribution in [0.3, 0.4) is 0 Å². The van der Waals surface area contributed by atoms with E-state index < -0.39 is 0 Å². The van der Waals surface area contributed by atoms with Crippen LogP contribution in [0.1, 0.15) is 13.3 Å². The third-order valence-corrected chi connectivity index (χ3v) is 2.91. The second kappa shape index (κ2) is 6.17. The van der Waals surface area contributed by atoms with Gasteiger partial charge in [-0.2, -0.15) is 0 Å². The highest BCUT2D eigenvalue weighted by Crippen LogP contribution is 2.15. The molecule has 0 saturated carbocycles. The third-order valence-electron chi connectivity index (χ3n) is 2.91. The average Bonchev–Trinajstić information content (AvgIpc) is 2.85. The summed E-state index contributed by atoms with van der Waals surface area (Å²) in [4.78, 5) is 28.3. The summed E-state index contributed by atoms with van der Waals surface area (Å²) >= 11 is 0. The lowest BCUT2D eigenvalue weighted by Crippen LogP contribution is -2.39. The molecule has 2 heterocycles. The summed E-state index contributed by atoms with van der Waals surface area (Å²) in [7, 11) is 0. The number of pyridine rings is 1. The van der Waals surface area contributed by atoms with Gasteiger partial charge in [0, 0.05) is 32.2 Å². The molecule has 0 unspecified atom stereocenters. The minimum atomic E-state index is -0.200. The third kappa shape index (κ3) is 3.94. The number of hydrogen-bond acceptors (Lipinski definition) is 4. The molecular weight excluding hydrogens is 246 g/mol. The van der Waals surface area contributed by atoms with Gasteiger partial charge in [-0.25, -0.2) is 4.98 Å². The zero-order chi connectivity index (χ0) is 13.7. The Hall–Kier alpha value is -2.11. The van der Waals surface area contributed by atoms with Crippen molar-refractivity contribution in [3.8, 4) is 5.88 Å². The van der Waals surface area contributed by atoms with E-state index in [-0.39, 0.29) is 24.5 Å². The lowest BCUT2D eigenvalue weighted by molar-refractivity contribution is -0.131. The Kier molecular flexibility index (Phi) is 4.33. The first-order valence-corrected chi connectivity index (χ1v) is 6.25. The summed E-state index contributed by atoms with van der Waals surface area (Å²) in [5, 5.41) is 2.50. The maximum absolute atomic E-state index is 11.8. The van der Waals surface area contributed by atoms with Gasteiger partial charge in [-0.3, -0.25) is 9.59 Å². The van der Waals surface area contributed by atoms with E-state index in [2.05, 4.69) is 10.3 Å². The number of aromatic nitrogens is 1. The molecule has 1 N–H and O–H groups in total. The van der Waals surface area contributed by atoms with Crippen LogP contribution in [0.25, 0.3) is 0 Å². The van der Waals surface area contributed by atoms with Crippen molar-refractivity contribution in [3.63, 3.8) is 0 Å². The van der Waals surface area contributed by atoms with E-state index in [1.54, 1.807) is 17.2 Å². The minimum absolute atomic E-state index is 0.0313. The van der Waals surface area contributed by atoms with E-state index in [0.717, 1.165) is 6.42 Å². The van der Waals surface area contributed by atoms with Crippen molar-refractivity contribution in [1.29, 1.82) is 0 Å². The molecule has 1 atom stereocenters. The molecule has 0 spiro atoms. The number of nitrogens with zero attached hydrogens (tertiary/aromatic N) is 2. The molecule has 1 aliphatic heterocycles. The second-order valence-corrected chi connectivity index (χ2v) is 4.45. The molecule has 0 bridgehead atoms. The number of nitrogens with one attached hydrogen (secondary N) is 1. The van der Waals surface area contributed by atoms with Crippen molar-refractivity contribution in [3.05, 3.63) is 24.4 Å². The highest BCUT2D eigenvalue weighted by atomic mass is 16.5. The molecule has 1 aliphatic rings. The van der Waals surface area contributed by atoms with Crippen molar-refractivity contribution >= 4 is 11.8 Å². The predicted octanol–water partition coefficient (Wildman–Crippen LogP) is 0.197. The molecule has 19 heavy (non-hydrogen) atoms. The summed E-state index contributed by atoms with van der Waals surface area (Å²) in [5.41, 5.74) is 0. The van der Waals surface area contributed by atoms with E-state index in [4.69, 9.17) is 4.74 Å². The van der Waals surface area contributed by atoms with Crippen LogP contribution in [0, 0.1) is 0 Å². The fraction of sp³-hybridized carbons (Fsp3) is 0.462. The molecule has 1 fully saturated rings. The molecule has 2 rings (SSSR count). The highest BCUT2D eigenvalue weighted by molar-refractivity contribution is 5.83. The Labute approximate surface area is 111 Å². The zero-order valence-corrected chi connectivity index (χ0v) is 10.8. The van der Waals surface area contributed by atoms with Crippen molar-refractivity contribution in [2.45, 2.75) is 19.4 Å². The maximum atomic E-state index is 11.8. The quantitative estimate of drug-likeness (QED) is 0.842. The van der Waals surface area contributed by atoms with Crippen LogP contribution < -0.4 is 10.1 Å². The summed E-state index contributed by atoms with van der Waals surface area (Å²) < 4.78 is 5.69. The molecule has 102 valence electrons. The van der Waals surface area contributed by atoms with Gasteiger partial charge in [0.25, 0.3) is 0 Å². The first kappa shape index (κ1) is 13.3. The minimum Gasteiger partial charge on any atom is -0.472 e. The number of rotatable bonds is 4. The van der Waals surface area contributed by atoms with Gasteiger partial charge in [-0.15, -0.1) is 0 Å². The standard InChI is InChI=1S/C13H17N3O3/c1-10(17)15-8-13(18)16-7-5-11(9-16)19-12-4-2-3-6-14-12/h2-4,6,11H,5,7-9H2,1H3,(H,15,17)/t11-/m1/s1. The Morgan fingerprint density at radius 3 is 3.05 bits per heavy atom. The second-order valence-electron chi connectivity index (χ2n) is 4.45. The van der Waals surface area contributed by atoms with E-state index in [1.165, 1.54) is 6.92 Å². The van der Waals surface area contributed by atoms with E-state index in [9.17, 15) is 9.59 Å². The van der Waals surface area contributed by atoms with Gasteiger partial charge in [0.15, 0.2) is 0 Å². The summed E-state index contributed by atoms with van der Waals surface area (Å²) in [6.07, 6.45) is 2.42. The van der Waals surface area contributed by atoms with Crippen LogP contribution in [0.5, 0.6) is 5.88 Å². The fourth-order valence-corrected chi connectivity index (χ4v) is 1.95. The predicted molar refractivity (Wildman–Crippen MR) is 68.5 cm³/mol. The number of carbonyl (C=O) groups excluding carboxylic acids is 2. The molecule has 1 aromatic heterocycles. The van der Waals surface area contributed by atoms with Crippen molar-refractivity contribution in [1.82, 2.24) is 15.2 Å². The van der Waals surface area contributed by atoms with Crippen LogP contribution in [0.15, 0.2) is 24.4 Å². The SMILES string of the molecule is CC(=O)NCC(=O)N1CC[C@@H](Oc2ccccn2)C1. The molecule has 0 aromatic carbocycles. The Balaban J connectivity index is 1.80. The largest absolute Gasteiger partial charge is 0.472 e. The molecule has 0 aliphatic carbocycles. The summed E-state index contributed by atoms with van der Waals surface area (Å²) in [6, 6.07) is 5.48. The summed E-state index contributed by atoms with van der Waals surface area (Å²) in [5.74, 6) is 0.291. The number of carbonyl (C=O) groups is 2. The molecule has 2 amide bonds. The monoisotopic (exact) mass is 263 g/mol. The smallest absolute Gasteiger partial charge is 0.242 e. The number of hydrogen-bond donors (Lipinski definition) is 1. The number of ether oxygens (including phenoxy) is 1. The van der Waals surface area contributed by atoms with Gasteiger partial charge in [-0.1, -0.05) is 6.07 Å². The molecular formula is C13H17N3O3. The van der Waals surface area contributed by atoms with Crippen molar-refractivity contribution in [2.75, 3.05) is 19.6 Å². The Bertz CT molecular complexity index is 450. The highest BCUT2D eigenvalue weighted by Gasteiger charge is 2.27. The van der Waals surface area contributed by atoms with Crippen LogP contribution in [0.4, 0.5) is 0 Å². The average molecular weight is 263 g/mol. The maximum Gasteiger partial charge on any atom is 0.242 e.